The van der Waals surface area contributed by atoms with Crippen LogP contribution in [0.5, 0.6) is 0 Å². The Labute approximate surface area is 134 Å². The van der Waals surface area contributed by atoms with Crippen LogP contribution in [0.4, 0.5) is 0 Å². The third-order valence-electron chi connectivity index (χ3n) is 3.78. The summed E-state index contributed by atoms with van der Waals surface area (Å²) in [4.78, 5) is 13.9. The fourth-order valence-corrected chi connectivity index (χ4v) is 2.81. The van der Waals surface area contributed by atoms with Gasteiger partial charge >= 0.3 is 0 Å². The molecule has 1 unspecified atom stereocenters. The number of halogens is 1. The number of hydrogen-bond donors (Lipinski definition) is 1. The molecule has 1 amide bonds. The molecular weight excluding hydrogens is 298 g/mol. The molecule has 1 aliphatic heterocycles. The molecule has 0 bridgehead atoms. The summed E-state index contributed by atoms with van der Waals surface area (Å²) < 4.78 is 0. The van der Waals surface area contributed by atoms with Crippen molar-refractivity contribution in [2.75, 3.05) is 6.54 Å². The predicted molar refractivity (Wildman–Crippen MR) is 87.7 cm³/mol. The second-order valence-electron chi connectivity index (χ2n) is 5.22. The van der Waals surface area contributed by atoms with Gasteiger partial charge in [0, 0.05) is 23.6 Å². The first-order chi connectivity index (χ1) is 10.7. The maximum Gasteiger partial charge on any atom is 0.256 e. The van der Waals surface area contributed by atoms with Crippen LogP contribution >= 0.6 is 11.6 Å². The van der Waals surface area contributed by atoms with E-state index in [0.29, 0.717) is 23.6 Å². The summed E-state index contributed by atoms with van der Waals surface area (Å²) in [6, 6.07) is 14.9. The second kappa shape index (κ2) is 6.34. The lowest BCUT2D eigenvalue weighted by molar-refractivity contribution is 0.00833. The minimum atomic E-state index is -0.793. The zero-order chi connectivity index (χ0) is 15.5. The Morgan fingerprint density at radius 3 is 2.73 bits per heavy atom. The molecule has 112 valence electrons. The van der Waals surface area contributed by atoms with Gasteiger partial charge in [0.25, 0.3) is 5.91 Å². The van der Waals surface area contributed by atoms with Crippen molar-refractivity contribution in [1.29, 1.82) is 0 Å². The molecule has 0 aromatic heterocycles. The average Bonchev–Trinajstić information content (AvgIpc) is 2.52. The zero-order valence-electron chi connectivity index (χ0n) is 11.9. The lowest BCUT2D eigenvalue weighted by Crippen LogP contribution is -2.45. The molecule has 1 N–H and O–H groups in total. The quantitative estimate of drug-likeness (QED) is 0.944. The minimum absolute atomic E-state index is 0.141. The van der Waals surface area contributed by atoms with Gasteiger partial charge < -0.3 is 10.0 Å². The highest BCUT2D eigenvalue weighted by Gasteiger charge is 2.29. The van der Waals surface area contributed by atoms with Gasteiger partial charge in [-0.25, -0.2) is 0 Å². The standard InChI is InChI=1S/C18H16ClNO2/c19-16-10-4-2-6-13(16)8-5-11-20-17(21)12-14-7-1-3-9-15(14)18(20)22/h1-10,17,21H,11-12H2/b8-5+. The fourth-order valence-electron chi connectivity index (χ4n) is 2.61. The maximum atomic E-state index is 12.4. The number of rotatable bonds is 3. The molecule has 1 aliphatic rings. The first kappa shape index (κ1) is 14.8. The molecule has 3 nitrogen and oxygen atoms in total. The zero-order valence-corrected chi connectivity index (χ0v) is 12.7. The van der Waals surface area contributed by atoms with Crippen LogP contribution in [0.25, 0.3) is 6.08 Å². The van der Waals surface area contributed by atoms with Crippen molar-refractivity contribution in [1.82, 2.24) is 4.90 Å². The van der Waals surface area contributed by atoms with E-state index in [-0.39, 0.29) is 5.91 Å². The van der Waals surface area contributed by atoms with Gasteiger partial charge in [-0.2, -0.15) is 0 Å². The molecule has 0 saturated heterocycles. The Hall–Kier alpha value is -2.10. The molecule has 4 heteroatoms. The van der Waals surface area contributed by atoms with E-state index in [1.165, 1.54) is 4.90 Å². The first-order valence-corrected chi connectivity index (χ1v) is 7.52. The summed E-state index contributed by atoms with van der Waals surface area (Å²) in [5, 5.41) is 10.8. The highest BCUT2D eigenvalue weighted by atomic mass is 35.5. The van der Waals surface area contributed by atoms with E-state index in [4.69, 9.17) is 11.6 Å². The van der Waals surface area contributed by atoms with Crippen molar-refractivity contribution in [2.24, 2.45) is 0 Å². The van der Waals surface area contributed by atoms with Crippen LogP contribution in [0.15, 0.2) is 54.6 Å². The molecule has 2 aromatic rings. The average molecular weight is 314 g/mol. The van der Waals surface area contributed by atoms with Crippen LogP contribution in [0, 0.1) is 0 Å². The number of carbonyl (C=O) groups is 1. The Balaban J connectivity index is 1.76. The van der Waals surface area contributed by atoms with Crippen molar-refractivity contribution in [2.45, 2.75) is 12.6 Å². The van der Waals surface area contributed by atoms with Crippen LogP contribution in [-0.2, 0) is 6.42 Å². The summed E-state index contributed by atoms with van der Waals surface area (Å²) in [6.45, 7) is 0.347. The van der Waals surface area contributed by atoms with Gasteiger partial charge in [-0.05, 0) is 23.3 Å². The van der Waals surface area contributed by atoms with E-state index in [9.17, 15) is 9.90 Å². The largest absolute Gasteiger partial charge is 0.373 e. The van der Waals surface area contributed by atoms with Crippen LogP contribution in [-0.4, -0.2) is 28.7 Å². The smallest absolute Gasteiger partial charge is 0.256 e. The van der Waals surface area contributed by atoms with Crippen molar-refractivity contribution >= 4 is 23.6 Å². The number of carbonyl (C=O) groups excluding carboxylic acids is 1. The molecule has 0 spiro atoms. The number of aliphatic hydroxyl groups excluding tert-OH is 1. The normalized spacial score (nSPS) is 17.8. The van der Waals surface area contributed by atoms with Crippen molar-refractivity contribution in [3.05, 3.63) is 76.3 Å². The van der Waals surface area contributed by atoms with E-state index >= 15 is 0 Å². The summed E-state index contributed by atoms with van der Waals surface area (Å²) >= 11 is 6.09. The Morgan fingerprint density at radius 1 is 1.18 bits per heavy atom. The molecule has 0 saturated carbocycles. The van der Waals surface area contributed by atoms with E-state index in [1.807, 2.05) is 54.6 Å². The summed E-state index contributed by atoms with van der Waals surface area (Å²) in [5.74, 6) is -0.141. The summed E-state index contributed by atoms with van der Waals surface area (Å²) in [6.07, 6.45) is 3.37. The maximum absolute atomic E-state index is 12.4. The molecule has 0 fully saturated rings. The molecule has 22 heavy (non-hydrogen) atoms. The Kier molecular flexibility index (Phi) is 4.27. The molecule has 1 heterocycles. The molecule has 2 aromatic carbocycles. The van der Waals surface area contributed by atoms with Gasteiger partial charge in [-0.3, -0.25) is 4.79 Å². The van der Waals surface area contributed by atoms with Gasteiger partial charge in [0.15, 0.2) is 0 Å². The summed E-state index contributed by atoms with van der Waals surface area (Å²) in [7, 11) is 0. The van der Waals surface area contributed by atoms with E-state index in [0.717, 1.165) is 11.1 Å². The second-order valence-corrected chi connectivity index (χ2v) is 5.63. The van der Waals surface area contributed by atoms with Crippen LogP contribution in [0.1, 0.15) is 21.5 Å². The number of hydrogen-bond acceptors (Lipinski definition) is 2. The van der Waals surface area contributed by atoms with Gasteiger partial charge in [-0.1, -0.05) is 60.2 Å². The number of aliphatic hydroxyl groups is 1. The fraction of sp³-hybridized carbons (Fsp3) is 0.167. The SMILES string of the molecule is O=C1c2ccccc2CC(O)N1C/C=C/c1ccccc1Cl. The van der Waals surface area contributed by atoms with Crippen molar-refractivity contribution in [3.63, 3.8) is 0 Å². The summed E-state index contributed by atoms with van der Waals surface area (Å²) in [5.41, 5.74) is 2.45. The number of amides is 1. The van der Waals surface area contributed by atoms with E-state index in [2.05, 4.69) is 0 Å². The van der Waals surface area contributed by atoms with Crippen LogP contribution in [0.2, 0.25) is 5.02 Å². The van der Waals surface area contributed by atoms with Crippen molar-refractivity contribution < 1.29 is 9.90 Å². The molecule has 0 radical (unpaired) electrons. The molecule has 1 atom stereocenters. The first-order valence-electron chi connectivity index (χ1n) is 7.15. The van der Waals surface area contributed by atoms with Gasteiger partial charge in [0.05, 0.1) is 0 Å². The van der Waals surface area contributed by atoms with E-state index < -0.39 is 6.23 Å². The number of nitrogens with zero attached hydrogens (tertiary/aromatic N) is 1. The van der Waals surface area contributed by atoms with Gasteiger partial charge in [0.1, 0.15) is 6.23 Å². The molecule has 0 aliphatic carbocycles. The van der Waals surface area contributed by atoms with Gasteiger partial charge in [0.2, 0.25) is 0 Å². The number of benzene rings is 2. The van der Waals surface area contributed by atoms with E-state index in [1.54, 1.807) is 6.07 Å². The monoisotopic (exact) mass is 313 g/mol. The minimum Gasteiger partial charge on any atom is -0.373 e. The Morgan fingerprint density at radius 2 is 1.91 bits per heavy atom. The van der Waals surface area contributed by atoms with Crippen molar-refractivity contribution in [3.8, 4) is 0 Å². The lowest BCUT2D eigenvalue weighted by atomic mass is 9.98. The van der Waals surface area contributed by atoms with Crippen LogP contribution in [0.3, 0.4) is 0 Å². The highest BCUT2D eigenvalue weighted by Crippen LogP contribution is 2.22. The third-order valence-corrected chi connectivity index (χ3v) is 4.12. The lowest BCUT2D eigenvalue weighted by Gasteiger charge is -2.32. The topological polar surface area (TPSA) is 40.5 Å². The highest BCUT2D eigenvalue weighted by molar-refractivity contribution is 6.32. The molecule has 3 rings (SSSR count). The number of fused-ring (bicyclic) bond motifs is 1. The third kappa shape index (κ3) is 2.91. The molecular formula is C18H16ClNO2. The predicted octanol–water partition coefficient (Wildman–Crippen LogP) is 3.37. The Bertz CT molecular complexity index is 727. The van der Waals surface area contributed by atoms with Crippen LogP contribution < -0.4 is 0 Å². The van der Waals surface area contributed by atoms with Gasteiger partial charge in [-0.15, -0.1) is 0 Å².